The largest absolute Gasteiger partial charge is 0.495 e. The van der Waals surface area contributed by atoms with Crippen LogP contribution in [0.25, 0.3) is 6.08 Å². The van der Waals surface area contributed by atoms with E-state index in [2.05, 4.69) is 10.0 Å². The maximum absolute atomic E-state index is 12.8. The lowest BCUT2D eigenvalue weighted by Gasteiger charge is -2.19. The van der Waals surface area contributed by atoms with Gasteiger partial charge in [-0.2, -0.15) is 0 Å². The summed E-state index contributed by atoms with van der Waals surface area (Å²) in [5, 5.41) is 2.63. The van der Waals surface area contributed by atoms with Crippen LogP contribution >= 0.6 is 0 Å². The molecule has 0 aromatic heterocycles. The van der Waals surface area contributed by atoms with E-state index in [9.17, 15) is 13.2 Å². The van der Waals surface area contributed by atoms with Crippen molar-refractivity contribution in [1.29, 1.82) is 0 Å². The van der Waals surface area contributed by atoms with Crippen molar-refractivity contribution < 1.29 is 17.9 Å². The number of anilines is 2. The highest BCUT2D eigenvalue weighted by Crippen LogP contribution is 2.32. The lowest BCUT2D eigenvalue weighted by Crippen LogP contribution is -2.18. The Morgan fingerprint density at radius 1 is 1.12 bits per heavy atom. The van der Waals surface area contributed by atoms with Crippen molar-refractivity contribution in [3.63, 3.8) is 0 Å². The van der Waals surface area contributed by atoms with Gasteiger partial charge in [-0.15, -0.1) is 0 Å². The number of ether oxygens (including phenoxy) is 1. The van der Waals surface area contributed by atoms with Gasteiger partial charge in [0.1, 0.15) is 5.75 Å². The maximum Gasteiger partial charge on any atom is 0.258 e. The highest BCUT2D eigenvalue weighted by Gasteiger charge is 2.23. The Balaban J connectivity index is 1.92. The summed E-state index contributed by atoms with van der Waals surface area (Å²) in [6.07, 6.45) is 2.80. The highest BCUT2D eigenvalue weighted by atomic mass is 32.2. The average molecular weight is 372 g/mol. The van der Waals surface area contributed by atoms with Gasteiger partial charge in [-0.25, -0.2) is 8.42 Å². The summed E-state index contributed by atoms with van der Waals surface area (Å²) in [6, 6.07) is 12.5. The first-order valence-electron chi connectivity index (χ1n) is 8.16. The van der Waals surface area contributed by atoms with Gasteiger partial charge in [0, 0.05) is 12.6 Å². The molecule has 2 N–H and O–H groups in total. The number of carbonyl (C=O) groups is 1. The predicted octanol–water partition coefficient (Wildman–Crippen LogP) is 3.38. The number of allylic oxidation sites excluding steroid dienone is 1. The summed E-state index contributed by atoms with van der Waals surface area (Å²) in [4.78, 5) is 11.6. The molecule has 2 aromatic rings. The molecular formula is C19H20N2O4S. The number of fused-ring (bicyclic) bond motifs is 1. The van der Waals surface area contributed by atoms with Crippen LogP contribution in [0.4, 0.5) is 11.4 Å². The van der Waals surface area contributed by atoms with Gasteiger partial charge in [-0.1, -0.05) is 24.3 Å². The highest BCUT2D eigenvalue weighted by molar-refractivity contribution is 7.96. The molecule has 1 amide bonds. The molecule has 0 saturated carbocycles. The molecule has 26 heavy (non-hydrogen) atoms. The first-order valence-corrected chi connectivity index (χ1v) is 9.64. The smallest absolute Gasteiger partial charge is 0.258 e. The topological polar surface area (TPSA) is 84.5 Å². The summed E-state index contributed by atoms with van der Waals surface area (Å²) in [7, 11) is -2.28. The van der Waals surface area contributed by atoms with Crippen molar-refractivity contribution in [2.45, 2.75) is 19.8 Å². The molecule has 6 nitrogen and oxygen atoms in total. The van der Waals surface area contributed by atoms with Crippen LogP contribution in [0.15, 0.2) is 47.4 Å². The second-order valence-corrected chi connectivity index (χ2v) is 7.75. The first kappa shape index (κ1) is 18.0. The summed E-state index contributed by atoms with van der Waals surface area (Å²) < 4.78 is 33.5. The van der Waals surface area contributed by atoms with Gasteiger partial charge in [0.05, 0.1) is 17.7 Å². The Morgan fingerprint density at radius 2 is 1.88 bits per heavy atom. The minimum atomic E-state index is -3.74. The third kappa shape index (κ3) is 3.88. The van der Waals surface area contributed by atoms with Gasteiger partial charge in [0.25, 0.3) is 10.0 Å². The van der Waals surface area contributed by atoms with Gasteiger partial charge < -0.3 is 10.1 Å². The van der Waals surface area contributed by atoms with Crippen LogP contribution in [0.3, 0.4) is 0 Å². The van der Waals surface area contributed by atoms with E-state index in [0.29, 0.717) is 29.2 Å². The van der Waals surface area contributed by atoms with Crippen LogP contribution in [0.5, 0.6) is 5.75 Å². The Kier molecular flexibility index (Phi) is 4.99. The van der Waals surface area contributed by atoms with Crippen LogP contribution in [0.2, 0.25) is 0 Å². The van der Waals surface area contributed by atoms with Gasteiger partial charge in [0.15, 0.2) is 0 Å². The van der Waals surface area contributed by atoms with E-state index in [4.69, 9.17) is 4.74 Å². The van der Waals surface area contributed by atoms with Crippen molar-refractivity contribution in [2.75, 3.05) is 17.1 Å². The fourth-order valence-electron chi connectivity index (χ4n) is 2.90. The monoisotopic (exact) mass is 372 g/mol. The number of hydrogen-bond donors (Lipinski definition) is 2. The molecule has 7 heteroatoms. The van der Waals surface area contributed by atoms with Crippen LogP contribution < -0.4 is 14.8 Å². The minimum Gasteiger partial charge on any atom is -0.495 e. The van der Waals surface area contributed by atoms with Gasteiger partial charge in [0.2, 0.25) is 5.91 Å². The first-order chi connectivity index (χ1) is 12.4. The number of sulfonamides is 1. The molecule has 136 valence electrons. The van der Waals surface area contributed by atoms with Gasteiger partial charge in [-0.05, 0) is 48.2 Å². The number of aryl methyl sites for hydroxylation is 1. The van der Waals surface area contributed by atoms with E-state index in [1.165, 1.54) is 20.1 Å². The Morgan fingerprint density at radius 3 is 2.62 bits per heavy atom. The summed E-state index contributed by atoms with van der Waals surface area (Å²) >= 11 is 0. The molecule has 0 unspecified atom stereocenters. The SMILES string of the molecule is COc1ccc(NC(C)=O)cc1NS(=O)(=O)C1=Cc2ccccc2CC1. The zero-order chi connectivity index (χ0) is 18.7. The summed E-state index contributed by atoms with van der Waals surface area (Å²) in [6.45, 7) is 1.39. The molecule has 1 aliphatic rings. The number of benzene rings is 2. The van der Waals surface area contributed by atoms with E-state index in [1.807, 2.05) is 24.3 Å². The number of amides is 1. The molecule has 0 atom stereocenters. The molecule has 1 aliphatic carbocycles. The summed E-state index contributed by atoms with van der Waals surface area (Å²) in [5.74, 6) is 0.134. The Hall–Kier alpha value is -2.80. The molecule has 0 spiro atoms. The molecule has 3 rings (SSSR count). The predicted molar refractivity (Wildman–Crippen MR) is 103 cm³/mol. The normalized spacial score (nSPS) is 13.4. The van der Waals surface area contributed by atoms with E-state index >= 15 is 0 Å². The van der Waals surface area contributed by atoms with Gasteiger partial charge in [-0.3, -0.25) is 9.52 Å². The van der Waals surface area contributed by atoms with E-state index in [-0.39, 0.29) is 11.6 Å². The van der Waals surface area contributed by atoms with E-state index in [1.54, 1.807) is 18.2 Å². The summed E-state index contributed by atoms with van der Waals surface area (Å²) in [5.41, 5.74) is 2.81. The second kappa shape index (κ2) is 7.21. The van der Waals surface area contributed by atoms with Crippen LogP contribution in [0.1, 0.15) is 24.5 Å². The minimum absolute atomic E-state index is 0.240. The zero-order valence-corrected chi connectivity index (χ0v) is 15.4. The van der Waals surface area contributed by atoms with Crippen LogP contribution in [-0.4, -0.2) is 21.4 Å². The van der Waals surface area contributed by atoms with Crippen molar-refractivity contribution in [1.82, 2.24) is 0 Å². The molecule has 0 heterocycles. The zero-order valence-electron chi connectivity index (χ0n) is 14.6. The number of hydrogen-bond acceptors (Lipinski definition) is 4. The lowest BCUT2D eigenvalue weighted by molar-refractivity contribution is -0.114. The van der Waals surface area contributed by atoms with E-state index in [0.717, 1.165) is 11.1 Å². The molecule has 0 saturated heterocycles. The molecular weight excluding hydrogens is 352 g/mol. The fourth-order valence-corrected chi connectivity index (χ4v) is 4.13. The standard InChI is InChI=1S/C19H20N2O4S/c1-13(22)20-16-8-10-19(25-2)18(12-16)21-26(23,24)17-9-7-14-5-3-4-6-15(14)11-17/h3-6,8,10-12,21H,7,9H2,1-2H3,(H,20,22). The van der Waals surface area contributed by atoms with Crippen LogP contribution in [0, 0.1) is 0 Å². The van der Waals surface area contributed by atoms with Gasteiger partial charge >= 0.3 is 0 Å². The van der Waals surface area contributed by atoms with Crippen molar-refractivity contribution >= 4 is 33.4 Å². The Labute approximate surface area is 152 Å². The van der Waals surface area contributed by atoms with Crippen molar-refractivity contribution in [3.8, 4) is 5.75 Å². The van der Waals surface area contributed by atoms with E-state index < -0.39 is 10.0 Å². The number of rotatable bonds is 5. The third-order valence-electron chi connectivity index (χ3n) is 4.12. The number of methoxy groups -OCH3 is 1. The Bertz CT molecular complexity index is 981. The molecule has 0 aliphatic heterocycles. The third-order valence-corrected chi connectivity index (χ3v) is 5.62. The number of carbonyl (C=O) groups excluding carboxylic acids is 1. The fraction of sp³-hybridized carbons (Fsp3) is 0.211. The molecule has 2 aromatic carbocycles. The number of nitrogens with one attached hydrogen (secondary N) is 2. The molecule has 0 radical (unpaired) electrons. The van der Waals surface area contributed by atoms with Crippen molar-refractivity contribution in [2.24, 2.45) is 0 Å². The van der Waals surface area contributed by atoms with Crippen molar-refractivity contribution in [3.05, 3.63) is 58.5 Å². The second-order valence-electron chi connectivity index (χ2n) is 6.01. The molecule has 0 fully saturated rings. The lowest BCUT2D eigenvalue weighted by atomic mass is 9.98. The molecule has 0 bridgehead atoms. The maximum atomic E-state index is 12.8. The quantitative estimate of drug-likeness (QED) is 0.843. The average Bonchev–Trinajstić information content (AvgIpc) is 2.61. The van der Waals surface area contributed by atoms with Crippen LogP contribution in [-0.2, 0) is 21.2 Å².